The van der Waals surface area contributed by atoms with Gasteiger partial charge in [-0.15, -0.1) is 0 Å². The predicted octanol–water partition coefficient (Wildman–Crippen LogP) is 4.49. The fourth-order valence-electron chi connectivity index (χ4n) is 1.80. The van der Waals surface area contributed by atoms with Crippen molar-refractivity contribution in [3.05, 3.63) is 58.4 Å². The van der Waals surface area contributed by atoms with Crippen molar-refractivity contribution in [2.24, 2.45) is 0 Å². The highest BCUT2D eigenvalue weighted by Crippen LogP contribution is 2.22. The molecule has 2 rings (SSSR count). The molecule has 1 atom stereocenters. The summed E-state index contributed by atoms with van der Waals surface area (Å²) in [4.78, 5) is 4.02. The zero-order valence-electron chi connectivity index (χ0n) is 10.5. The van der Waals surface area contributed by atoms with Gasteiger partial charge in [0.1, 0.15) is 16.8 Å². The molecule has 1 unspecified atom stereocenters. The molecule has 0 saturated heterocycles. The van der Waals surface area contributed by atoms with Crippen molar-refractivity contribution in [2.45, 2.75) is 19.9 Å². The van der Waals surface area contributed by atoms with E-state index in [-0.39, 0.29) is 6.04 Å². The lowest BCUT2D eigenvalue weighted by molar-refractivity contribution is 0.577. The SMILES string of the molecule is Cc1cc(NC(C)c2cc(F)cc(F)c2)cnc1Cl. The third-order valence-electron chi connectivity index (χ3n) is 2.78. The molecule has 1 heterocycles. The first-order valence-electron chi connectivity index (χ1n) is 5.80. The lowest BCUT2D eigenvalue weighted by Gasteiger charge is -2.16. The Morgan fingerprint density at radius 1 is 1.16 bits per heavy atom. The van der Waals surface area contributed by atoms with Crippen LogP contribution in [0.5, 0.6) is 0 Å². The third-order valence-corrected chi connectivity index (χ3v) is 3.18. The summed E-state index contributed by atoms with van der Waals surface area (Å²) in [5.41, 5.74) is 2.12. The Morgan fingerprint density at radius 3 is 2.37 bits per heavy atom. The Hall–Kier alpha value is -1.68. The van der Waals surface area contributed by atoms with E-state index in [0.29, 0.717) is 10.7 Å². The van der Waals surface area contributed by atoms with Gasteiger partial charge in [0.15, 0.2) is 0 Å². The zero-order valence-corrected chi connectivity index (χ0v) is 11.3. The number of aromatic nitrogens is 1. The highest BCUT2D eigenvalue weighted by Gasteiger charge is 2.09. The van der Waals surface area contributed by atoms with Crippen LogP contribution < -0.4 is 5.32 Å². The Balaban J connectivity index is 2.20. The lowest BCUT2D eigenvalue weighted by Crippen LogP contribution is -2.08. The maximum atomic E-state index is 13.1. The van der Waals surface area contributed by atoms with Crippen LogP contribution in [0.2, 0.25) is 5.15 Å². The van der Waals surface area contributed by atoms with E-state index in [1.165, 1.54) is 12.1 Å². The van der Waals surface area contributed by atoms with Crippen molar-refractivity contribution in [3.8, 4) is 0 Å². The van der Waals surface area contributed by atoms with Gasteiger partial charge in [-0.1, -0.05) is 11.6 Å². The first-order valence-corrected chi connectivity index (χ1v) is 6.18. The molecule has 0 saturated carbocycles. The molecule has 0 fully saturated rings. The Labute approximate surface area is 115 Å². The van der Waals surface area contributed by atoms with Crippen LogP contribution in [0.1, 0.15) is 24.1 Å². The molecule has 1 aromatic heterocycles. The van der Waals surface area contributed by atoms with Crippen molar-refractivity contribution >= 4 is 17.3 Å². The van der Waals surface area contributed by atoms with Crippen LogP contribution in [0.15, 0.2) is 30.5 Å². The van der Waals surface area contributed by atoms with Gasteiger partial charge in [-0.05, 0) is 43.2 Å². The van der Waals surface area contributed by atoms with Gasteiger partial charge in [0.25, 0.3) is 0 Å². The number of nitrogens with one attached hydrogen (secondary N) is 1. The van der Waals surface area contributed by atoms with Crippen LogP contribution in [0.4, 0.5) is 14.5 Å². The zero-order chi connectivity index (χ0) is 14.0. The number of nitrogens with zero attached hydrogens (tertiary/aromatic N) is 1. The second-order valence-corrected chi connectivity index (χ2v) is 4.76. The number of hydrogen-bond donors (Lipinski definition) is 1. The molecule has 100 valence electrons. The van der Waals surface area contributed by atoms with Gasteiger partial charge in [-0.2, -0.15) is 0 Å². The van der Waals surface area contributed by atoms with E-state index in [2.05, 4.69) is 10.3 Å². The van der Waals surface area contributed by atoms with Crippen molar-refractivity contribution in [1.82, 2.24) is 4.98 Å². The van der Waals surface area contributed by atoms with Crippen LogP contribution in [0.25, 0.3) is 0 Å². The molecular formula is C14H13ClF2N2. The molecule has 0 aliphatic rings. The summed E-state index contributed by atoms with van der Waals surface area (Å²) in [6.45, 7) is 3.66. The summed E-state index contributed by atoms with van der Waals surface area (Å²) >= 11 is 5.84. The minimum absolute atomic E-state index is 0.243. The molecule has 0 amide bonds. The topological polar surface area (TPSA) is 24.9 Å². The second-order valence-electron chi connectivity index (χ2n) is 4.40. The normalized spacial score (nSPS) is 12.3. The molecule has 19 heavy (non-hydrogen) atoms. The van der Waals surface area contributed by atoms with E-state index in [9.17, 15) is 8.78 Å². The molecule has 0 radical (unpaired) electrons. The summed E-state index contributed by atoms with van der Waals surface area (Å²) in [6.07, 6.45) is 1.58. The van der Waals surface area contributed by atoms with Crippen molar-refractivity contribution in [2.75, 3.05) is 5.32 Å². The Kier molecular flexibility index (Phi) is 4.00. The quantitative estimate of drug-likeness (QED) is 0.839. The van der Waals surface area contributed by atoms with Gasteiger partial charge < -0.3 is 5.32 Å². The number of hydrogen-bond acceptors (Lipinski definition) is 2. The van der Waals surface area contributed by atoms with Crippen molar-refractivity contribution in [3.63, 3.8) is 0 Å². The van der Waals surface area contributed by atoms with Gasteiger partial charge in [0.2, 0.25) is 0 Å². The monoisotopic (exact) mass is 282 g/mol. The van der Waals surface area contributed by atoms with E-state index < -0.39 is 11.6 Å². The summed E-state index contributed by atoms with van der Waals surface area (Å²) in [7, 11) is 0. The highest BCUT2D eigenvalue weighted by atomic mass is 35.5. The minimum Gasteiger partial charge on any atom is -0.377 e. The van der Waals surface area contributed by atoms with Crippen LogP contribution in [-0.2, 0) is 0 Å². The molecule has 1 N–H and O–H groups in total. The van der Waals surface area contributed by atoms with Gasteiger partial charge in [-0.3, -0.25) is 0 Å². The molecule has 0 bridgehead atoms. The van der Waals surface area contributed by atoms with E-state index >= 15 is 0 Å². The molecule has 0 aliphatic heterocycles. The smallest absolute Gasteiger partial charge is 0.132 e. The fourth-order valence-corrected chi connectivity index (χ4v) is 1.90. The summed E-state index contributed by atoms with van der Waals surface area (Å²) in [5, 5.41) is 3.57. The van der Waals surface area contributed by atoms with Crippen LogP contribution in [0, 0.1) is 18.6 Å². The van der Waals surface area contributed by atoms with Crippen LogP contribution >= 0.6 is 11.6 Å². The van der Waals surface area contributed by atoms with E-state index in [0.717, 1.165) is 17.3 Å². The van der Waals surface area contributed by atoms with Crippen LogP contribution in [0.3, 0.4) is 0 Å². The number of halogens is 3. The Morgan fingerprint density at radius 2 is 1.79 bits per heavy atom. The van der Waals surface area contributed by atoms with Gasteiger partial charge >= 0.3 is 0 Å². The van der Waals surface area contributed by atoms with Gasteiger partial charge in [-0.25, -0.2) is 13.8 Å². The molecule has 0 aliphatic carbocycles. The average molecular weight is 283 g/mol. The number of rotatable bonds is 3. The van der Waals surface area contributed by atoms with E-state index in [1.807, 2.05) is 19.9 Å². The lowest BCUT2D eigenvalue weighted by atomic mass is 10.1. The van der Waals surface area contributed by atoms with Crippen LogP contribution in [-0.4, -0.2) is 4.98 Å². The fraction of sp³-hybridized carbons (Fsp3) is 0.214. The first kappa shape index (κ1) is 13.7. The predicted molar refractivity (Wildman–Crippen MR) is 72.4 cm³/mol. The molecule has 1 aromatic carbocycles. The maximum Gasteiger partial charge on any atom is 0.132 e. The third kappa shape index (κ3) is 3.41. The largest absolute Gasteiger partial charge is 0.377 e. The molecule has 5 heteroatoms. The Bertz CT molecular complexity index is 582. The summed E-state index contributed by atoms with van der Waals surface area (Å²) < 4.78 is 26.3. The summed E-state index contributed by atoms with van der Waals surface area (Å²) in [6, 6.07) is 5.05. The van der Waals surface area contributed by atoms with Gasteiger partial charge in [0, 0.05) is 12.1 Å². The molecule has 2 nitrogen and oxygen atoms in total. The van der Waals surface area contributed by atoms with E-state index in [4.69, 9.17) is 11.6 Å². The van der Waals surface area contributed by atoms with E-state index in [1.54, 1.807) is 6.20 Å². The number of pyridine rings is 1. The van der Waals surface area contributed by atoms with Gasteiger partial charge in [0.05, 0.1) is 11.9 Å². The summed E-state index contributed by atoms with van der Waals surface area (Å²) in [5.74, 6) is -1.18. The minimum atomic E-state index is -0.589. The maximum absolute atomic E-state index is 13.1. The molecule has 2 aromatic rings. The standard InChI is InChI=1S/C14H13ClF2N2/c1-8-3-13(7-18-14(8)15)19-9(2)10-4-11(16)6-12(17)5-10/h3-7,9,19H,1-2H3. The highest BCUT2D eigenvalue weighted by molar-refractivity contribution is 6.30. The number of benzene rings is 1. The number of anilines is 1. The molecular weight excluding hydrogens is 270 g/mol. The molecule has 0 spiro atoms. The van der Waals surface area contributed by atoms with Crippen molar-refractivity contribution in [1.29, 1.82) is 0 Å². The first-order chi connectivity index (χ1) is 8.95. The van der Waals surface area contributed by atoms with Crippen molar-refractivity contribution < 1.29 is 8.78 Å². The number of aryl methyl sites for hydroxylation is 1. The average Bonchev–Trinajstić information content (AvgIpc) is 2.32. The second kappa shape index (κ2) is 5.53.